The lowest BCUT2D eigenvalue weighted by Crippen LogP contribution is -2.17. The minimum absolute atomic E-state index is 0.0295. The van der Waals surface area contributed by atoms with Crippen molar-refractivity contribution in [3.8, 4) is 11.3 Å². The van der Waals surface area contributed by atoms with E-state index in [0.717, 1.165) is 11.1 Å². The second-order valence-corrected chi connectivity index (χ2v) is 8.46. The van der Waals surface area contributed by atoms with E-state index in [1.165, 1.54) is 7.11 Å². The van der Waals surface area contributed by atoms with Gasteiger partial charge in [-0.2, -0.15) is 5.10 Å². The van der Waals surface area contributed by atoms with Gasteiger partial charge in [-0.25, -0.2) is 9.67 Å². The number of fused-ring (bicyclic) bond motifs is 1. The van der Waals surface area contributed by atoms with E-state index in [9.17, 15) is 9.59 Å². The maximum absolute atomic E-state index is 13.5. The number of anilines is 2. The normalized spacial score (nSPS) is 10.8. The first-order chi connectivity index (χ1) is 18.1. The molecule has 0 radical (unpaired) electrons. The number of carbonyl (C=O) groups is 2. The molecule has 37 heavy (non-hydrogen) atoms. The summed E-state index contributed by atoms with van der Waals surface area (Å²) in [6.07, 6.45) is 1.68. The molecule has 0 bridgehead atoms. The van der Waals surface area contributed by atoms with Crippen LogP contribution in [0.4, 0.5) is 11.4 Å². The highest BCUT2D eigenvalue weighted by Crippen LogP contribution is 2.26. The van der Waals surface area contributed by atoms with E-state index in [1.807, 2.05) is 65.3 Å². The highest BCUT2D eigenvalue weighted by Gasteiger charge is 2.18. The van der Waals surface area contributed by atoms with Crippen molar-refractivity contribution < 1.29 is 14.3 Å². The van der Waals surface area contributed by atoms with Gasteiger partial charge in [0.15, 0.2) is 5.65 Å². The van der Waals surface area contributed by atoms with Crippen LogP contribution in [0.3, 0.4) is 0 Å². The number of amides is 2. The van der Waals surface area contributed by atoms with Crippen molar-refractivity contribution in [2.45, 2.75) is 6.54 Å². The molecule has 8 heteroatoms. The Morgan fingerprint density at radius 2 is 1.51 bits per heavy atom. The Bertz CT molecular complexity index is 1530. The van der Waals surface area contributed by atoms with Crippen molar-refractivity contribution in [2.75, 3.05) is 24.4 Å². The van der Waals surface area contributed by atoms with Crippen molar-refractivity contribution in [1.29, 1.82) is 0 Å². The Kier molecular flexibility index (Phi) is 7.00. The van der Waals surface area contributed by atoms with Gasteiger partial charge in [0.25, 0.3) is 5.91 Å². The first-order valence-electron chi connectivity index (χ1n) is 11.8. The highest BCUT2D eigenvalue weighted by molar-refractivity contribution is 6.12. The number of hydrogen-bond acceptors (Lipinski definition) is 5. The average Bonchev–Trinajstić information content (AvgIpc) is 3.33. The summed E-state index contributed by atoms with van der Waals surface area (Å²) < 4.78 is 6.64. The number of rotatable bonds is 8. The third kappa shape index (κ3) is 5.55. The number of carbonyl (C=O) groups excluding carboxylic acids is 2. The van der Waals surface area contributed by atoms with Crippen molar-refractivity contribution in [3.05, 3.63) is 108 Å². The van der Waals surface area contributed by atoms with Gasteiger partial charge in [-0.1, -0.05) is 60.7 Å². The van der Waals surface area contributed by atoms with Crippen LogP contribution in [0.2, 0.25) is 0 Å². The van der Waals surface area contributed by atoms with Crippen molar-refractivity contribution in [2.24, 2.45) is 0 Å². The number of aromatic nitrogens is 3. The minimum atomic E-state index is -0.278. The summed E-state index contributed by atoms with van der Waals surface area (Å²) in [4.78, 5) is 30.1. The fourth-order valence-corrected chi connectivity index (χ4v) is 4.03. The Labute approximate surface area is 213 Å². The number of methoxy groups -OCH3 is 1. The van der Waals surface area contributed by atoms with Gasteiger partial charge in [0, 0.05) is 24.0 Å². The van der Waals surface area contributed by atoms with Gasteiger partial charge in [0.1, 0.15) is 6.61 Å². The topological polar surface area (TPSA) is 98.1 Å². The van der Waals surface area contributed by atoms with Gasteiger partial charge in [-0.15, -0.1) is 0 Å². The Hall–Kier alpha value is -4.82. The van der Waals surface area contributed by atoms with Gasteiger partial charge >= 0.3 is 0 Å². The van der Waals surface area contributed by atoms with Crippen LogP contribution in [-0.4, -0.2) is 40.3 Å². The lowest BCUT2D eigenvalue weighted by Gasteiger charge is -2.11. The molecule has 0 aliphatic heterocycles. The molecule has 0 saturated heterocycles. The van der Waals surface area contributed by atoms with Crippen LogP contribution < -0.4 is 10.6 Å². The lowest BCUT2D eigenvalue weighted by atomic mass is 10.1. The summed E-state index contributed by atoms with van der Waals surface area (Å²) in [6, 6.07) is 28.4. The smallest absolute Gasteiger partial charge is 0.256 e. The molecule has 5 rings (SSSR count). The van der Waals surface area contributed by atoms with E-state index in [4.69, 9.17) is 9.72 Å². The van der Waals surface area contributed by atoms with E-state index in [-0.39, 0.29) is 18.4 Å². The molecule has 2 heterocycles. The minimum Gasteiger partial charge on any atom is -0.375 e. The fourth-order valence-electron chi connectivity index (χ4n) is 4.03. The zero-order valence-corrected chi connectivity index (χ0v) is 20.2. The molecule has 0 atom stereocenters. The molecule has 5 aromatic rings. The number of hydrogen-bond donors (Lipinski definition) is 2. The molecule has 8 nitrogen and oxygen atoms in total. The molecule has 0 aliphatic carbocycles. The van der Waals surface area contributed by atoms with E-state index < -0.39 is 0 Å². The molecule has 2 aromatic heterocycles. The molecule has 2 amide bonds. The number of nitrogens with zero attached hydrogens (tertiary/aromatic N) is 3. The van der Waals surface area contributed by atoms with Gasteiger partial charge in [-0.05, 0) is 35.9 Å². The molecule has 2 N–H and O–H groups in total. The van der Waals surface area contributed by atoms with Gasteiger partial charge in [0.2, 0.25) is 5.91 Å². The molecule has 184 valence electrons. The second-order valence-electron chi connectivity index (χ2n) is 8.46. The number of ether oxygens (including phenoxy) is 1. The van der Waals surface area contributed by atoms with Crippen LogP contribution in [-0.2, 0) is 16.1 Å². The zero-order chi connectivity index (χ0) is 25.6. The molecular formula is C29H25N5O3. The first-order valence-corrected chi connectivity index (χ1v) is 11.8. The quantitative estimate of drug-likeness (QED) is 0.319. The third-order valence-corrected chi connectivity index (χ3v) is 5.80. The summed E-state index contributed by atoms with van der Waals surface area (Å²) in [6.45, 7) is 0.505. The van der Waals surface area contributed by atoms with Crippen molar-refractivity contribution in [3.63, 3.8) is 0 Å². The van der Waals surface area contributed by atoms with Crippen molar-refractivity contribution in [1.82, 2.24) is 14.8 Å². The molecule has 0 unspecified atom stereocenters. The summed E-state index contributed by atoms with van der Waals surface area (Å²) in [7, 11) is 1.46. The maximum atomic E-state index is 13.5. The van der Waals surface area contributed by atoms with E-state index in [1.54, 1.807) is 36.5 Å². The first kappa shape index (κ1) is 23.9. The molecule has 0 spiro atoms. The number of benzene rings is 3. The van der Waals surface area contributed by atoms with Gasteiger partial charge in [-0.3, -0.25) is 9.59 Å². The highest BCUT2D eigenvalue weighted by atomic mass is 16.5. The molecule has 0 aliphatic rings. The summed E-state index contributed by atoms with van der Waals surface area (Å²) in [5, 5.41) is 10.9. The van der Waals surface area contributed by atoms with E-state index in [0.29, 0.717) is 40.2 Å². The zero-order valence-electron chi connectivity index (χ0n) is 20.2. The predicted molar refractivity (Wildman–Crippen MR) is 143 cm³/mol. The SMILES string of the molecule is COCC(=O)Nc1ccc(NC(=O)c2cc(-c3ccccc3)nc3c2cnn3Cc2ccccc2)cc1. The summed E-state index contributed by atoms with van der Waals surface area (Å²) in [5.74, 6) is -0.528. The van der Waals surface area contributed by atoms with Gasteiger partial charge in [0.05, 0.1) is 29.4 Å². The predicted octanol–water partition coefficient (Wildman–Crippen LogP) is 4.98. The van der Waals surface area contributed by atoms with Crippen LogP contribution in [0, 0.1) is 0 Å². The van der Waals surface area contributed by atoms with Gasteiger partial charge < -0.3 is 15.4 Å². The van der Waals surface area contributed by atoms with Crippen molar-refractivity contribution >= 4 is 34.2 Å². The van der Waals surface area contributed by atoms with Crippen LogP contribution in [0.25, 0.3) is 22.3 Å². The lowest BCUT2D eigenvalue weighted by molar-refractivity contribution is -0.119. The van der Waals surface area contributed by atoms with E-state index in [2.05, 4.69) is 15.7 Å². The van der Waals surface area contributed by atoms with Crippen LogP contribution in [0.1, 0.15) is 15.9 Å². The molecule has 0 saturated carbocycles. The summed E-state index contributed by atoms with van der Waals surface area (Å²) >= 11 is 0. The standard InChI is InChI=1S/C29H25N5O3/c1-37-19-27(35)31-22-12-14-23(15-13-22)32-29(36)24-16-26(21-10-6-3-7-11-21)33-28-25(24)17-30-34(28)18-20-8-4-2-5-9-20/h2-17H,18-19H2,1H3,(H,31,35)(H,32,36). The third-order valence-electron chi connectivity index (χ3n) is 5.80. The van der Waals surface area contributed by atoms with Crippen LogP contribution >= 0.6 is 0 Å². The van der Waals surface area contributed by atoms with Crippen LogP contribution in [0.5, 0.6) is 0 Å². The van der Waals surface area contributed by atoms with Crippen LogP contribution in [0.15, 0.2) is 97.2 Å². The fraction of sp³-hybridized carbons (Fsp3) is 0.103. The monoisotopic (exact) mass is 491 g/mol. The second kappa shape index (κ2) is 10.8. The average molecular weight is 492 g/mol. The number of nitrogens with one attached hydrogen (secondary N) is 2. The summed E-state index contributed by atoms with van der Waals surface area (Å²) in [5.41, 5.74) is 4.99. The molecular weight excluding hydrogens is 466 g/mol. The Morgan fingerprint density at radius 3 is 2.19 bits per heavy atom. The molecule has 3 aromatic carbocycles. The Morgan fingerprint density at radius 1 is 0.865 bits per heavy atom. The maximum Gasteiger partial charge on any atom is 0.256 e. The van der Waals surface area contributed by atoms with E-state index >= 15 is 0 Å². The number of pyridine rings is 1. The largest absolute Gasteiger partial charge is 0.375 e. The molecule has 0 fully saturated rings. The Balaban J connectivity index is 1.47.